The molecular formula is C14H20Cl2N2O. The van der Waals surface area contributed by atoms with Crippen molar-refractivity contribution in [3.8, 4) is 0 Å². The van der Waals surface area contributed by atoms with Crippen LogP contribution in [0.1, 0.15) is 50.4 Å². The Morgan fingerprint density at radius 2 is 1.74 bits per heavy atom. The SMILES string of the molecule is CCC(CC)(CC)NC(=O)c1cc(N)c(Cl)c(Cl)c1. The number of carbonyl (C=O) groups excluding carboxylic acids is 1. The Hall–Kier alpha value is -0.930. The van der Waals surface area contributed by atoms with Gasteiger partial charge in [-0.15, -0.1) is 0 Å². The maximum Gasteiger partial charge on any atom is 0.251 e. The van der Waals surface area contributed by atoms with E-state index in [9.17, 15) is 4.79 Å². The summed E-state index contributed by atoms with van der Waals surface area (Å²) in [6.07, 6.45) is 2.63. The second-order valence-corrected chi connectivity index (χ2v) is 5.44. The molecule has 3 nitrogen and oxygen atoms in total. The normalized spacial score (nSPS) is 11.4. The molecular weight excluding hydrogens is 283 g/mol. The fraction of sp³-hybridized carbons (Fsp3) is 0.500. The van der Waals surface area contributed by atoms with Crippen LogP contribution in [0.25, 0.3) is 0 Å². The molecule has 1 rings (SSSR count). The van der Waals surface area contributed by atoms with Gasteiger partial charge < -0.3 is 11.1 Å². The molecule has 3 N–H and O–H groups in total. The van der Waals surface area contributed by atoms with Gasteiger partial charge in [0.2, 0.25) is 0 Å². The van der Waals surface area contributed by atoms with E-state index in [1.165, 1.54) is 0 Å². The summed E-state index contributed by atoms with van der Waals surface area (Å²) in [5, 5.41) is 3.65. The van der Waals surface area contributed by atoms with Crippen molar-refractivity contribution in [3.63, 3.8) is 0 Å². The molecule has 1 amide bonds. The van der Waals surface area contributed by atoms with Crippen LogP contribution in [0, 0.1) is 0 Å². The molecule has 1 aromatic rings. The van der Waals surface area contributed by atoms with E-state index in [-0.39, 0.29) is 16.5 Å². The number of nitrogen functional groups attached to an aromatic ring is 1. The molecule has 0 aliphatic heterocycles. The van der Waals surface area contributed by atoms with Crippen LogP contribution in [0.15, 0.2) is 12.1 Å². The monoisotopic (exact) mass is 302 g/mol. The highest BCUT2D eigenvalue weighted by atomic mass is 35.5. The van der Waals surface area contributed by atoms with E-state index in [4.69, 9.17) is 28.9 Å². The maximum absolute atomic E-state index is 12.3. The number of hydrogen-bond donors (Lipinski definition) is 2. The molecule has 5 heteroatoms. The fourth-order valence-electron chi connectivity index (χ4n) is 2.07. The molecule has 0 heterocycles. The number of rotatable bonds is 5. The standard InChI is InChI=1S/C14H20Cl2N2O/c1-4-14(5-2,6-3)18-13(19)9-7-10(15)12(16)11(17)8-9/h7-8H,4-6,17H2,1-3H3,(H,18,19). The van der Waals surface area contributed by atoms with Crippen LogP contribution in [-0.4, -0.2) is 11.4 Å². The van der Waals surface area contributed by atoms with Crippen molar-refractivity contribution >= 4 is 34.8 Å². The molecule has 0 spiro atoms. The molecule has 19 heavy (non-hydrogen) atoms. The lowest BCUT2D eigenvalue weighted by atomic mass is 9.89. The summed E-state index contributed by atoms with van der Waals surface area (Å²) in [5.74, 6) is -0.171. The van der Waals surface area contributed by atoms with Crippen molar-refractivity contribution in [1.82, 2.24) is 5.32 Å². The lowest BCUT2D eigenvalue weighted by molar-refractivity contribution is 0.0888. The average Bonchev–Trinajstić information content (AvgIpc) is 2.41. The molecule has 0 aliphatic rings. The quantitative estimate of drug-likeness (QED) is 0.798. The zero-order chi connectivity index (χ0) is 14.6. The van der Waals surface area contributed by atoms with Gasteiger partial charge in [-0.2, -0.15) is 0 Å². The summed E-state index contributed by atoms with van der Waals surface area (Å²) in [7, 11) is 0. The van der Waals surface area contributed by atoms with Crippen LogP contribution < -0.4 is 11.1 Å². The van der Waals surface area contributed by atoms with Gasteiger partial charge in [0.05, 0.1) is 15.7 Å². The lowest BCUT2D eigenvalue weighted by Crippen LogP contribution is -2.47. The zero-order valence-corrected chi connectivity index (χ0v) is 13.0. The summed E-state index contributed by atoms with van der Waals surface area (Å²) in [5.41, 5.74) is 6.29. The molecule has 0 bridgehead atoms. The highest BCUT2D eigenvalue weighted by molar-refractivity contribution is 6.43. The minimum Gasteiger partial charge on any atom is -0.397 e. The van der Waals surface area contributed by atoms with Crippen LogP contribution in [0.2, 0.25) is 10.0 Å². The Morgan fingerprint density at radius 3 is 2.16 bits per heavy atom. The number of amides is 1. The third kappa shape index (κ3) is 3.54. The summed E-state index contributed by atoms with van der Waals surface area (Å²) < 4.78 is 0. The van der Waals surface area contributed by atoms with Gasteiger partial charge in [0.1, 0.15) is 0 Å². The first-order valence-corrected chi connectivity index (χ1v) is 7.21. The minimum absolute atomic E-state index is 0.171. The lowest BCUT2D eigenvalue weighted by Gasteiger charge is -2.31. The predicted octanol–water partition coefficient (Wildman–Crippen LogP) is 4.27. The van der Waals surface area contributed by atoms with E-state index in [1.54, 1.807) is 12.1 Å². The highest BCUT2D eigenvalue weighted by Gasteiger charge is 2.26. The second-order valence-electron chi connectivity index (χ2n) is 4.66. The first kappa shape index (κ1) is 16.1. The Bertz CT molecular complexity index is 439. The van der Waals surface area contributed by atoms with Gasteiger partial charge in [-0.25, -0.2) is 0 Å². The largest absolute Gasteiger partial charge is 0.397 e. The Morgan fingerprint density at radius 1 is 1.21 bits per heavy atom. The van der Waals surface area contributed by atoms with Crippen LogP contribution in [0.4, 0.5) is 5.69 Å². The molecule has 0 fully saturated rings. The number of carbonyl (C=O) groups is 1. The molecule has 0 radical (unpaired) electrons. The van der Waals surface area contributed by atoms with E-state index in [1.807, 2.05) is 0 Å². The van der Waals surface area contributed by atoms with Crippen molar-refractivity contribution in [1.29, 1.82) is 0 Å². The molecule has 106 valence electrons. The first-order chi connectivity index (χ1) is 8.89. The third-order valence-electron chi connectivity index (χ3n) is 3.73. The smallest absolute Gasteiger partial charge is 0.251 e. The van der Waals surface area contributed by atoms with E-state index >= 15 is 0 Å². The maximum atomic E-state index is 12.3. The molecule has 0 atom stereocenters. The minimum atomic E-state index is -0.183. The Labute approximate surface area is 124 Å². The zero-order valence-electron chi connectivity index (χ0n) is 11.5. The van der Waals surface area contributed by atoms with Crippen molar-refractivity contribution in [2.24, 2.45) is 0 Å². The number of anilines is 1. The number of benzene rings is 1. The van der Waals surface area contributed by atoms with E-state index in [0.717, 1.165) is 19.3 Å². The second kappa shape index (κ2) is 6.49. The van der Waals surface area contributed by atoms with Crippen LogP contribution >= 0.6 is 23.2 Å². The van der Waals surface area contributed by atoms with Crippen LogP contribution in [-0.2, 0) is 0 Å². The number of nitrogens with one attached hydrogen (secondary N) is 1. The predicted molar refractivity (Wildman–Crippen MR) is 81.9 cm³/mol. The summed E-state index contributed by atoms with van der Waals surface area (Å²) in [6, 6.07) is 3.09. The van der Waals surface area contributed by atoms with Gasteiger partial charge in [0.15, 0.2) is 0 Å². The fourth-order valence-corrected chi connectivity index (χ4v) is 2.41. The van der Waals surface area contributed by atoms with Gasteiger partial charge in [0, 0.05) is 11.1 Å². The van der Waals surface area contributed by atoms with E-state index in [0.29, 0.717) is 16.3 Å². The number of hydrogen-bond acceptors (Lipinski definition) is 2. The van der Waals surface area contributed by atoms with Crippen molar-refractivity contribution in [2.45, 2.75) is 45.6 Å². The summed E-state index contributed by atoms with van der Waals surface area (Å²) in [4.78, 5) is 12.3. The van der Waals surface area contributed by atoms with E-state index in [2.05, 4.69) is 26.1 Å². The van der Waals surface area contributed by atoms with E-state index < -0.39 is 0 Å². The molecule has 0 aliphatic carbocycles. The molecule has 0 unspecified atom stereocenters. The van der Waals surface area contributed by atoms with Crippen LogP contribution in [0.3, 0.4) is 0 Å². The third-order valence-corrected chi connectivity index (χ3v) is 4.54. The van der Waals surface area contributed by atoms with Crippen molar-refractivity contribution < 1.29 is 4.79 Å². The Balaban J connectivity index is 3.01. The van der Waals surface area contributed by atoms with Gasteiger partial charge in [-0.05, 0) is 31.4 Å². The van der Waals surface area contributed by atoms with Crippen LogP contribution in [0.5, 0.6) is 0 Å². The van der Waals surface area contributed by atoms with Gasteiger partial charge >= 0.3 is 0 Å². The summed E-state index contributed by atoms with van der Waals surface area (Å²) >= 11 is 11.8. The molecule has 0 aromatic heterocycles. The first-order valence-electron chi connectivity index (χ1n) is 6.46. The van der Waals surface area contributed by atoms with Crippen molar-refractivity contribution in [3.05, 3.63) is 27.7 Å². The molecule has 0 saturated carbocycles. The van der Waals surface area contributed by atoms with Crippen molar-refractivity contribution in [2.75, 3.05) is 5.73 Å². The van der Waals surface area contributed by atoms with Gasteiger partial charge in [0.25, 0.3) is 5.91 Å². The molecule has 0 saturated heterocycles. The highest BCUT2D eigenvalue weighted by Crippen LogP contribution is 2.30. The topological polar surface area (TPSA) is 55.1 Å². The number of halogens is 2. The summed E-state index contributed by atoms with van der Waals surface area (Å²) in [6.45, 7) is 6.20. The average molecular weight is 303 g/mol. The van der Waals surface area contributed by atoms with Gasteiger partial charge in [-0.3, -0.25) is 4.79 Å². The molecule has 1 aromatic carbocycles. The Kier molecular flexibility index (Phi) is 5.50. The number of nitrogens with two attached hydrogens (primary N) is 1. The van der Waals surface area contributed by atoms with Gasteiger partial charge in [-0.1, -0.05) is 44.0 Å².